The van der Waals surface area contributed by atoms with Crippen molar-refractivity contribution in [3.8, 4) is 5.75 Å². The maximum Gasteiger partial charge on any atom is 0.233 e. The minimum Gasteiger partial charge on any atom is -0.497 e. The van der Waals surface area contributed by atoms with Crippen molar-refractivity contribution in [1.82, 2.24) is 5.32 Å². The normalized spacial score (nSPS) is 11.6. The summed E-state index contributed by atoms with van der Waals surface area (Å²) < 4.78 is 5.07. The van der Waals surface area contributed by atoms with Crippen LogP contribution in [0.4, 0.5) is 5.69 Å². The average Bonchev–Trinajstić information content (AvgIpc) is 2.46. The molecule has 0 spiro atoms. The molecule has 0 aliphatic rings. The molecule has 1 rings (SSSR count). The van der Waals surface area contributed by atoms with Gasteiger partial charge in [-0.2, -0.15) is 0 Å². The Balaban J connectivity index is 2.35. The van der Waals surface area contributed by atoms with E-state index in [-0.39, 0.29) is 23.1 Å². The maximum absolute atomic E-state index is 11.7. The standard InChI is InChI=1S/C14H19BrN2O3/c1-3-12(15)14(19)16-8-7-13(18)17-10-5-4-6-11(9-10)20-2/h4-6,9,12H,3,7-8H2,1-2H3,(H,16,19)(H,17,18). The second-order valence-electron chi connectivity index (χ2n) is 4.20. The summed E-state index contributed by atoms with van der Waals surface area (Å²) in [7, 11) is 1.57. The van der Waals surface area contributed by atoms with E-state index in [4.69, 9.17) is 4.74 Å². The predicted octanol–water partition coefficient (Wildman–Crippen LogP) is 2.31. The van der Waals surface area contributed by atoms with E-state index in [9.17, 15) is 9.59 Å². The Kier molecular flexibility index (Phi) is 7.08. The number of benzene rings is 1. The van der Waals surface area contributed by atoms with Gasteiger partial charge in [-0.05, 0) is 18.6 Å². The van der Waals surface area contributed by atoms with Gasteiger partial charge >= 0.3 is 0 Å². The smallest absolute Gasteiger partial charge is 0.233 e. The van der Waals surface area contributed by atoms with Crippen LogP contribution in [-0.4, -0.2) is 30.3 Å². The Bertz CT molecular complexity index is 465. The molecule has 20 heavy (non-hydrogen) atoms. The summed E-state index contributed by atoms with van der Waals surface area (Å²) in [6.45, 7) is 2.23. The summed E-state index contributed by atoms with van der Waals surface area (Å²) >= 11 is 3.25. The molecule has 0 heterocycles. The van der Waals surface area contributed by atoms with Crippen molar-refractivity contribution < 1.29 is 14.3 Å². The molecule has 5 nitrogen and oxygen atoms in total. The molecule has 0 aliphatic carbocycles. The number of alkyl halides is 1. The summed E-state index contributed by atoms with van der Waals surface area (Å²) in [5.74, 6) is 0.434. The third-order valence-electron chi connectivity index (χ3n) is 2.65. The van der Waals surface area contributed by atoms with Crippen molar-refractivity contribution in [3.63, 3.8) is 0 Å². The molecule has 0 fully saturated rings. The van der Waals surface area contributed by atoms with Crippen LogP contribution in [0.5, 0.6) is 5.75 Å². The first-order chi connectivity index (χ1) is 9.56. The zero-order valence-electron chi connectivity index (χ0n) is 11.6. The highest BCUT2D eigenvalue weighted by molar-refractivity contribution is 9.10. The molecule has 2 N–H and O–H groups in total. The number of carbonyl (C=O) groups is 2. The van der Waals surface area contributed by atoms with Crippen LogP contribution >= 0.6 is 15.9 Å². The first-order valence-corrected chi connectivity index (χ1v) is 7.34. The fourth-order valence-corrected chi connectivity index (χ4v) is 1.68. The highest BCUT2D eigenvalue weighted by Gasteiger charge is 2.12. The van der Waals surface area contributed by atoms with Crippen LogP contribution in [0.2, 0.25) is 0 Å². The summed E-state index contributed by atoms with van der Waals surface area (Å²) in [6.07, 6.45) is 0.939. The van der Waals surface area contributed by atoms with Gasteiger partial charge in [-0.25, -0.2) is 0 Å². The molecular weight excluding hydrogens is 324 g/mol. The van der Waals surface area contributed by atoms with Gasteiger partial charge in [-0.1, -0.05) is 28.9 Å². The maximum atomic E-state index is 11.7. The molecule has 0 saturated heterocycles. The van der Waals surface area contributed by atoms with Crippen molar-refractivity contribution in [2.75, 3.05) is 19.0 Å². The molecule has 110 valence electrons. The number of rotatable bonds is 7. The van der Waals surface area contributed by atoms with Crippen molar-refractivity contribution in [2.45, 2.75) is 24.6 Å². The van der Waals surface area contributed by atoms with E-state index >= 15 is 0 Å². The van der Waals surface area contributed by atoms with Gasteiger partial charge in [0.1, 0.15) is 5.75 Å². The Morgan fingerprint density at radius 2 is 2.15 bits per heavy atom. The number of methoxy groups -OCH3 is 1. The lowest BCUT2D eigenvalue weighted by atomic mass is 10.3. The lowest BCUT2D eigenvalue weighted by molar-refractivity contribution is -0.120. The summed E-state index contributed by atoms with van der Waals surface area (Å²) in [5, 5.41) is 5.45. The number of anilines is 1. The second kappa shape index (κ2) is 8.58. The van der Waals surface area contributed by atoms with E-state index in [1.807, 2.05) is 6.92 Å². The molecule has 0 aromatic heterocycles. The van der Waals surface area contributed by atoms with Gasteiger partial charge in [-0.3, -0.25) is 9.59 Å². The first kappa shape index (κ1) is 16.5. The van der Waals surface area contributed by atoms with E-state index < -0.39 is 0 Å². The minimum atomic E-state index is -0.205. The van der Waals surface area contributed by atoms with Crippen LogP contribution in [0.15, 0.2) is 24.3 Å². The van der Waals surface area contributed by atoms with Crippen LogP contribution in [0.25, 0.3) is 0 Å². The predicted molar refractivity (Wildman–Crippen MR) is 82.3 cm³/mol. The molecule has 0 bridgehead atoms. The highest BCUT2D eigenvalue weighted by atomic mass is 79.9. The van der Waals surface area contributed by atoms with Gasteiger partial charge in [0, 0.05) is 24.7 Å². The number of hydrogen-bond donors (Lipinski definition) is 2. The lowest BCUT2D eigenvalue weighted by Crippen LogP contribution is -2.33. The SMILES string of the molecule is CCC(Br)C(=O)NCCC(=O)Nc1cccc(OC)c1. The number of ether oxygens (including phenoxy) is 1. The third-order valence-corrected chi connectivity index (χ3v) is 3.71. The monoisotopic (exact) mass is 342 g/mol. The zero-order chi connectivity index (χ0) is 15.0. The fraction of sp³-hybridized carbons (Fsp3) is 0.429. The summed E-state index contributed by atoms with van der Waals surface area (Å²) in [5.41, 5.74) is 0.674. The highest BCUT2D eigenvalue weighted by Crippen LogP contribution is 2.16. The number of amides is 2. The lowest BCUT2D eigenvalue weighted by Gasteiger charge is -2.09. The van der Waals surface area contributed by atoms with E-state index in [1.54, 1.807) is 31.4 Å². The van der Waals surface area contributed by atoms with Gasteiger partial charge in [-0.15, -0.1) is 0 Å². The topological polar surface area (TPSA) is 67.4 Å². The average molecular weight is 343 g/mol. The van der Waals surface area contributed by atoms with Gasteiger partial charge < -0.3 is 15.4 Å². The largest absolute Gasteiger partial charge is 0.497 e. The van der Waals surface area contributed by atoms with Crippen molar-refractivity contribution in [1.29, 1.82) is 0 Å². The Morgan fingerprint density at radius 1 is 1.40 bits per heavy atom. The number of halogens is 1. The molecule has 2 amide bonds. The van der Waals surface area contributed by atoms with Crippen molar-refractivity contribution >= 4 is 33.4 Å². The van der Waals surface area contributed by atoms with Gasteiger partial charge in [0.05, 0.1) is 11.9 Å². The molecule has 1 aromatic rings. The number of carbonyl (C=O) groups excluding carboxylic acids is 2. The van der Waals surface area contributed by atoms with E-state index in [0.717, 1.165) is 0 Å². The molecule has 1 aromatic carbocycles. The molecule has 0 radical (unpaired) electrons. The van der Waals surface area contributed by atoms with E-state index in [2.05, 4.69) is 26.6 Å². The molecular formula is C14H19BrN2O3. The quantitative estimate of drug-likeness (QED) is 0.747. The van der Waals surface area contributed by atoms with Gasteiger partial charge in [0.25, 0.3) is 0 Å². The summed E-state index contributed by atoms with van der Waals surface area (Å²) in [6, 6.07) is 7.12. The molecule has 1 atom stereocenters. The Hall–Kier alpha value is -1.56. The number of nitrogens with one attached hydrogen (secondary N) is 2. The second-order valence-corrected chi connectivity index (χ2v) is 5.30. The van der Waals surface area contributed by atoms with Crippen LogP contribution < -0.4 is 15.4 Å². The first-order valence-electron chi connectivity index (χ1n) is 6.42. The fourth-order valence-electron chi connectivity index (χ4n) is 1.52. The van der Waals surface area contributed by atoms with E-state index in [1.165, 1.54) is 0 Å². The van der Waals surface area contributed by atoms with Crippen LogP contribution in [0.3, 0.4) is 0 Å². The van der Waals surface area contributed by atoms with Gasteiger partial charge in [0.15, 0.2) is 0 Å². The minimum absolute atomic E-state index is 0.0957. The third kappa shape index (κ3) is 5.61. The molecule has 6 heteroatoms. The van der Waals surface area contributed by atoms with Crippen LogP contribution in [-0.2, 0) is 9.59 Å². The molecule has 0 aliphatic heterocycles. The Labute approximate surface area is 127 Å². The number of hydrogen-bond acceptors (Lipinski definition) is 3. The summed E-state index contributed by atoms with van der Waals surface area (Å²) in [4.78, 5) is 23.0. The molecule has 1 unspecified atom stereocenters. The van der Waals surface area contributed by atoms with Gasteiger partial charge in [0.2, 0.25) is 11.8 Å². The zero-order valence-corrected chi connectivity index (χ0v) is 13.2. The van der Waals surface area contributed by atoms with Crippen molar-refractivity contribution in [3.05, 3.63) is 24.3 Å². The van der Waals surface area contributed by atoms with Crippen molar-refractivity contribution in [2.24, 2.45) is 0 Å². The van der Waals surface area contributed by atoms with Crippen LogP contribution in [0, 0.1) is 0 Å². The molecule has 0 saturated carbocycles. The Morgan fingerprint density at radius 3 is 2.80 bits per heavy atom. The van der Waals surface area contributed by atoms with E-state index in [0.29, 0.717) is 24.4 Å². The van der Waals surface area contributed by atoms with Crippen LogP contribution in [0.1, 0.15) is 19.8 Å².